The lowest BCUT2D eigenvalue weighted by Gasteiger charge is -2.01. The Bertz CT molecular complexity index is 485. The molecule has 0 bridgehead atoms. The summed E-state index contributed by atoms with van der Waals surface area (Å²) in [5.41, 5.74) is -0.272. The Labute approximate surface area is 104 Å². The van der Waals surface area contributed by atoms with Gasteiger partial charge in [0, 0.05) is 10.5 Å². The van der Waals surface area contributed by atoms with Gasteiger partial charge in [0.2, 0.25) is 0 Å². The van der Waals surface area contributed by atoms with Gasteiger partial charge in [-0.15, -0.1) is 0 Å². The summed E-state index contributed by atoms with van der Waals surface area (Å²) in [6, 6.07) is 2.18. The van der Waals surface area contributed by atoms with Crippen molar-refractivity contribution in [2.75, 3.05) is 0 Å². The van der Waals surface area contributed by atoms with E-state index in [1.54, 1.807) is 0 Å². The highest BCUT2D eigenvalue weighted by Gasteiger charge is 2.12. The number of allylic oxidation sites excluding steroid dienone is 1. The van der Waals surface area contributed by atoms with Crippen molar-refractivity contribution in [3.63, 3.8) is 0 Å². The molecule has 0 fully saturated rings. The van der Waals surface area contributed by atoms with Crippen LogP contribution in [0.3, 0.4) is 0 Å². The maximum absolute atomic E-state index is 13.3. The van der Waals surface area contributed by atoms with E-state index in [2.05, 4.69) is 15.9 Å². The fraction of sp³-hybridized carbons (Fsp3) is 0. The SMILES string of the molecule is O=C(O)/C=C/C(=O)c1cc(Cl)c(Br)cc1F. The third-order valence-corrected chi connectivity index (χ3v) is 2.85. The molecule has 16 heavy (non-hydrogen) atoms. The second-order valence-electron chi connectivity index (χ2n) is 2.78. The largest absolute Gasteiger partial charge is 0.478 e. The van der Waals surface area contributed by atoms with Gasteiger partial charge in [-0.2, -0.15) is 0 Å². The Morgan fingerprint density at radius 1 is 1.38 bits per heavy atom. The molecule has 0 atom stereocenters. The van der Waals surface area contributed by atoms with Crippen molar-refractivity contribution in [1.82, 2.24) is 0 Å². The number of rotatable bonds is 3. The molecule has 0 unspecified atom stereocenters. The van der Waals surface area contributed by atoms with Gasteiger partial charge in [0.1, 0.15) is 5.82 Å². The number of halogens is 3. The highest BCUT2D eigenvalue weighted by Crippen LogP contribution is 2.26. The molecule has 0 aliphatic heterocycles. The fourth-order valence-corrected chi connectivity index (χ4v) is 1.43. The van der Waals surface area contributed by atoms with Gasteiger partial charge >= 0.3 is 5.97 Å². The fourth-order valence-electron chi connectivity index (χ4n) is 0.948. The number of carboxylic acid groups (broad SMARTS) is 1. The first-order valence-corrected chi connectivity index (χ1v) is 5.19. The summed E-state index contributed by atoms with van der Waals surface area (Å²) in [7, 11) is 0. The summed E-state index contributed by atoms with van der Waals surface area (Å²) in [5, 5.41) is 8.49. The van der Waals surface area contributed by atoms with Gasteiger partial charge in [0.15, 0.2) is 5.78 Å². The van der Waals surface area contributed by atoms with Crippen molar-refractivity contribution in [1.29, 1.82) is 0 Å². The van der Waals surface area contributed by atoms with Gasteiger partial charge in [-0.3, -0.25) is 4.79 Å². The quantitative estimate of drug-likeness (QED) is 0.530. The van der Waals surface area contributed by atoms with Gasteiger partial charge < -0.3 is 5.11 Å². The van der Waals surface area contributed by atoms with E-state index >= 15 is 0 Å². The zero-order valence-electron chi connectivity index (χ0n) is 7.71. The molecule has 0 aliphatic rings. The molecule has 6 heteroatoms. The first-order valence-electron chi connectivity index (χ1n) is 4.01. The zero-order chi connectivity index (χ0) is 12.3. The van der Waals surface area contributed by atoms with Gasteiger partial charge in [0.25, 0.3) is 0 Å². The first-order chi connectivity index (χ1) is 7.41. The van der Waals surface area contributed by atoms with Crippen LogP contribution in [0.2, 0.25) is 5.02 Å². The Morgan fingerprint density at radius 2 is 2.00 bits per heavy atom. The number of carboxylic acids is 1. The lowest BCUT2D eigenvalue weighted by atomic mass is 10.1. The monoisotopic (exact) mass is 306 g/mol. The van der Waals surface area contributed by atoms with Crippen LogP contribution in [0.15, 0.2) is 28.8 Å². The third kappa shape index (κ3) is 3.15. The Balaban J connectivity index is 3.09. The molecule has 0 radical (unpaired) electrons. The number of carbonyl (C=O) groups excluding carboxylic acids is 1. The molecule has 0 amide bonds. The van der Waals surface area contributed by atoms with Crippen LogP contribution in [0.25, 0.3) is 0 Å². The molecule has 1 N–H and O–H groups in total. The minimum atomic E-state index is -1.28. The van der Waals surface area contributed by atoms with Crippen LogP contribution in [0.5, 0.6) is 0 Å². The maximum Gasteiger partial charge on any atom is 0.328 e. The summed E-state index contributed by atoms with van der Waals surface area (Å²) >= 11 is 8.68. The Kier molecular flexibility index (Phi) is 4.20. The normalized spacial score (nSPS) is 10.7. The van der Waals surface area contributed by atoms with E-state index in [4.69, 9.17) is 16.7 Å². The molecule has 3 nitrogen and oxygen atoms in total. The molecule has 0 heterocycles. The molecule has 1 aromatic carbocycles. The highest BCUT2D eigenvalue weighted by atomic mass is 79.9. The minimum absolute atomic E-state index is 0.175. The van der Waals surface area contributed by atoms with Crippen LogP contribution in [0.1, 0.15) is 10.4 Å². The molecule has 1 rings (SSSR count). The Morgan fingerprint density at radius 3 is 2.56 bits per heavy atom. The molecule has 84 valence electrons. The molecular formula is C10H5BrClFO3. The van der Waals surface area contributed by atoms with Crippen molar-refractivity contribution in [2.24, 2.45) is 0 Å². The summed E-state index contributed by atoms with van der Waals surface area (Å²) in [6.07, 6.45) is 1.41. The van der Waals surface area contributed by atoms with Gasteiger partial charge in [-0.1, -0.05) is 11.6 Å². The average molecular weight is 308 g/mol. The molecule has 0 saturated carbocycles. The number of hydrogen-bond acceptors (Lipinski definition) is 2. The highest BCUT2D eigenvalue weighted by molar-refractivity contribution is 9.10. The Hall–Kier alpha value is -1.20. The van der Waals surface area contributed by atoms with Crippen molar-refractivity contribution in [2.45, 2.75) is 0 Å². The zero-order valence-corrected chi connectivity index (χ0v) is 10.0. The van der Waals surface area contributed by atoms with E-state index in [1.807, 2.05) is 0 Å². The summed E-state index contributed by atoms with van der Waals surface area (Å²) in [5.74, 6) is -2.80. The van der Waals surface area contributed by atoms with Crippen LogP contribution in [0, 0.1) is 5.82 Å². The number of hydrogen-bond donors (Lipinski definition) is 1. The first kappa shape index (κ1) is 12.9. The van der Waals surface area contributed by atoms with E-state index in [9.17, 15) is 14.0 Å². The molecule has 1 aromatic rings. The van der Waals surface area contributed by atoms with Gasteiger partial charge in [-0.05, 0) is 34.1 Å². The van der Waals surface area contributed by atoms with Gasteiger partial charge in [-0.25, -0.2) is 9.18 Å². The molecule has 0 saturated heterocycles. The number of ketones is 1. The van der Waals surface area contributed by atoms with E-state index in [-0.39, 0.29) is 10.6 Å². The lowest BCUT2D eigenvalue weighted by Crippen LogP contribution is -2.00. The van der Waals surface area contributed by atoms with Crippen LogP contribution < -0.4 is 0 Å². The maximum atomic E-state index is 13.3. The molecular weight excluding hydrogens is 302 g/mol. The minimum Gasteiger partial charge on any atom is -0.478 e. The van der Waals surface area contributed by atoms with Crippen molar-refractivity contribution in [3.8, 4) is 0 Å². The standard InChI is InChI=1S/C10H5BrClFO3/c11-6-4-8(13)5(3-7(6)12)9(14)1-2-10(15)16/h1-4H,(H,15,16)/b2-1+. The van der Waals surface area contributed by atoms with Crippen LogP contribution in [-0.2, 0) is 4.79 Å². The van der Waals surface area contributed by atoms with Crippen molar-refractivity contribution < 1.29 is 19.1 Å². The predicted octanol–water partition coefficient (Wildman–Crippen LogP) is 3.07. The average Bonchev–Trinajstić information content (AvgIpc) is 2.20. The van der Waals surface area contributed by atoms with E-state index < -0.39 is 17.6 Å². The summed E-state index contributed by atoms with van der Waals surface area (Å²) in [6.45, 7) is 0. The smallest absolute Gasteiger partial charge is 0.328 e. The second-order valence-corrected chi connectivity index (χ2v) is 4.04. The van der Waals surface area contributed by atoms with Crippen LogP contribution in [-0.4, -0.2) is 16.9 Å². The van der Waals surface area contributed by atoms with E-state index in [1.165, 1.54) is 0 Å². The second kappa shape index (κ2) is 5.23. The van der Waals surface area contributed by atoms with E-state index in [0.29, 0.717) is 10.5 Å². The summed E-state index contributed by atoms with van der Waals surface area (Å²) < 4.78 is 13.6. The van der Waals surface area contributed by atoms with E-state index in [0.717, 1.165) is 18.2 Å². The summed E-state index contributed by atoms with van der Waals surface area (Å²) in [4.78, 5) is 21.5. The number of aliphatic carboxylic acids is 1. The number of benzene rings is 1. The molecule has 0 spiro atoms. The topological polar surface area (TPSA) is 54.4 Å². The predicted molar refractivity (Wildman–Crippen MR) is 60.2 cm³/mol. The molecule has 0 aromatic heterocycles. The van der Waals surface area contributed by atoms with Crippen molar-refractivity contribution >= 4 is 39.3 Å². The molecule has 0 aliphatic carbocycles. The number of carbonyl (C=O) groups is 2. The van der Waals surface area contributed by atoms with Crippen LogP contribution in [0.4, 0.5) is 4.39 Å². The third-order valence-electron chi connectivity index (χ3n) is 1.65. The van der Waals surface area contributed by atoms with Crippen LogP contribution >= 0.6 is 27.5 Å². The lowest BCUT2D eigenvalue weighted by molar-refractivity contribution is -0.131. The van der Waals surface area contributed by atoms with Crippen molar-refractivity contribution in [3.05, 3.63) is 45.2 Å². The van der Waals surface area contributed by atoms with Gasteiger partial charge in [0.05, 0.1) is 10.6 Å².